The molecule has 0 aliphatic rings. The summed E-state index contributed by atoms with van der Waals surface area (Å²) in [5.41, 5.74) is 2.18. The van der Waals surface area contributed by atoms with E-state index in [9.17, 15) is 25.0 Å². The summed E-state index contributed by atoms with van der Waals surface area (Å²) in [5.74, 6) is -0.345. The lowest BCUT2D eigenvalue weighted by atomic mass is 10.1. The van der Waals surface area contributed by atoms with Crippen LogP contribution in [-0.2, 0) is 0 Å². The molecule has 0 spiro atoms. The van der Waals surface area contributed by atoms with Gasteiger partial charge in [-0.1, -0.05) is 12.1 Å². The predicted octanol–water partition coefficient (Wildman–Crippen LogP) is 3.91. The number of carbonyl (C=O) groups is 1. The summed E-state index contributed by atoms with van der Waals surface area (Å²) in [7, 11) is 0. The maximum atomic E-state index is 11.1. The van der Waals surface area contributed by atoms with Crippen LogP contribution in [0.3, 0.4) is 0 Å². The minimum atomic E-state index is -1.06. The van der Waals surface area contributed by atoms with E-state index >= 15 is 0 Å². The summed E-state index contributed by atoms with van der Waals surface area (Å²) < 4.78 is 5.57. The van der Waals surface area contributed by atoms with Gasteiger partial charge in [-0.2, -0.15) is 5.10 Å². The zero-order valence-electron chi connectivity index (χ0n) is 14.5. The van der Waals surface area contributed by atoms with Crippen molar-refractivity contribution in [2.75, 3.05) is 5.43 Å². The van der Waals surface area contributed by atoms with Crippen molar-refractivity contribution in [3.63, 3.8) is 0 Å². The average molecular weight is 396 g/mol. The van der Waals surface area contributed by atoms with Gasteiger partial charge in [0.25, 0.3) is 5.69 Å². The number of nitrogens with zero attached hydrogens (tertiary/aromatic N) is 3. The lowest BCUT2D eigenvalue weighted by Crippen LogP contribution is -1.98. The van der Waals surface area contributed by atoms with Gasteiger partial charge in [-0.3, -0.25) is 25.7 Å². The number of nitro groups is 2. The Morgan fingerprint density at radius 3 is 2.55 bits per heavy atom. The molecule has 3 rings (SSSR count). The van der Waals surface area contributed by atoms with E-state index in [0.717, 1.165) is 12.1 Å². The van der Waals surface area contributed by atoms with Crippen molar-refractivity contribution in [3.8, 4) is 11.3 Å². The van der Waals surface area contributed by atoms with Crippen molar-refractivity contribution < 1.29 is 24.2 Å². The number of rotatable bonds is 7. The predicted molar refractivity (Wildman–Crippen MR) is 102 cm³/mol. The van der Waals surface area contributed by atoms with Crippen molar-refractivity contribution in [3.05, 3.63) is 86.1 Å². The van der Waals surface area contributed by atoms with Crippen LogP contribution in [0.15, 0.2) is 64.1 Å². The SMILES string of the molecule is O=C(O)c1cccc(-c2ccc(/C=N\Nc3ccc([N+](=O)[O-])cc3[N+](=O)[O-])o2)c1. The fraction of sp³-hybridized carbons (Fsp3) is 0. The third-order valence-corrected chi connectivity index (χ3v) is 3.79. The first kappa shape index (κ1) is 19.2. The van der Waals surface area contributed by atoms with E-state index < -0.39 is 27.2 Å². The fourth-order valence-electron chi connectivity index (χ4n) is 2.43. The number of carboxylic acids is 1. The first-order chi connectivity index (χ1) is 13.8. The Bertz CT molecular complexity index is 1140. The lowest BCUT2D eigenvalue weighted by Gasteiger charge is -2.01. The van der Waals surface area contributed by atoms with Crippen LogP contribution in [0.5, 0.6) is 0 Å². The van der Waals surface area contributed by atoms with E-state index in [0.29, 0.717) is 17.1 Å². The Morgan fingerprint density at radius 1 is 1.07 bits per heavy atom. The highest BCUT2D eigenvalue weighted by Gasteiger charge is 2.19. The molecule has 0 aliphatic heterocycles. The van der Waals surface area contributed by atoms with Crippen LogP contribution < -0.4 is 5.43 Å². The van der Waals surface area contributed by atoms with Gasteiger partial charge in [0.15, 0.2) is 0 Å². The van der Waals surface area contributed by atoms with E-state index in [1.165, 1.54) is 24.4 Å². The quantitative estimate of drug-likeness (QED) is 0.345. The molecule has 3 aromatic rings. The van der Waals surface area contributed by atoms with Crippen LogP contribution in [0, 0.1) is 20.2 Å². The minimum absolute atomic E-state index is 0.0298. The lowest BCUT2D eigenvalue weighted by molar-refractivity contribution is -0.393. The van der Waals surface area contributed by atoms with E-state index in [1.54, 1.807) is 24.3 Å². The first-order valence-corrected chi connectivity index (χ1v) is 8.00. The van der Waals surface area contributed by atoms with Gasteiger partial charge in [0, 0.05) is 11.6 Å². The molecule has 0 atom stereocenters. The van der Waals surface area contributed by atoms with E-state index in [1.807, 2.05) is 0 Å². The Labute approximate surface area is 162 Å². The summed E-state index contributed by atoms with van der Waals surface area (Å²) in [6.45, 7) is 0. The van der Waals surface area contributed by atoms with Crippen LogP contribution in [0.4, 0.5) is 17.1 Å². The third-order valence-electron chi connectivity index (χ3n) is 3.79. The molecule has 11 heteroatoms. The fourth-order valence-corrected chi connectivity index (χ4v) is 2.43. The zero-order chi connectivity index (χ0) is 21.0. The van der Waals surface area contributed by atoms with E-state index in [4.69, 9.17) is 9.52 Å². The topological polar surface area (TPSA) is 161 Å². The molecule has 0 unspecified atom stereocenters. The van der Waals surface area contributed by atoms with Gasteiger partial charge in [0.2, 0.25) is 0 Å². The molecule has 146 valence electrons. The highest BCUT2D eigenvalue weighted by Crippen LogP contribution is 2.29. The maximum Gasteiger partial charge on any atom is 0.335 e. The summed E-state index contributed by atoms with van der Waals surface area (Å²) in [6, 6.07) is 12.5. The third kappa shape index (κ3) is 4.42. The molecule has 0 fully saturated rings. The van der Waals surface area contributed by atoms with Crippen LogP contribution in [0.2, 0.25) is 0 Å². The molecule has 1 aromatic heterocycles. The number of hydrazone groups is 1. The Kier molecular flexibility index (Phi) is 5.30. The average Bonchev–Trinajstić information content (AvgIpc) is 3.17. The molecule has 0 bridgehead atoms. The second-order valence-electron chi connectivity index (χ2n) is 5.67. The van der Waals surface area contributed by atoms with Crippen LogP contribution in [-0.4, -0.2) is 27.1 Å². The molecule has 0 amide bonds. The van der Waals surface area contributed by atoms with Crippen molar-refractivity contribution in [1.82, 2.24) is 0 Å². The van der Waals surface area contributed by atoms with Crippen molar-refractivity contribution in [2.24, 2.45) is 5.10 Å². The molecule has 0 aliphatic carbocycles. The number of hydrogen-bond acceptors (Lipinski definition) is 8. The molecule has 0 radical (unpaired) electrons. The standard InChI is InChI=1S/C18H12N4O7/c23-18(24)12-3-1-2-11(8-12)17-7-5-14(29-17)10-19-20-15-6-4-13(21(25)26)9-16(15)22(27)28/h1-10,20H,(H,23,24)/b19-10-. The van der Waals surface area contributed by atoms with Gasteiger partial charge in [0.1, 0.15) is 17.2 Å². The molecule has 1 heterocycles. The van der Waals surface area contributed by atoms with Crippen LogP contribution in [0.1, 0.15) is 16.1 Å². The van der Waals surface area contributed by atoms with Gasteiger partial charge in [-0.15, -0.1) is 0 Å². The second-order valence-corrected chi connectivity index (χ2v) is 5.67. The number of anilines is 1. The van der Waals surface area contributed by atoms with Crippen molar-refractivity contribution >= 4 is 29.2 Å². The Hall–Kier alpha value is -4.54. The van der Waals surface area contributed by atoms with Gasteiger partial charge < -0.3 is 9.52 Å². The van der Waals surface area contributed by atoms with Gasteiger partial charge in [-0.25, -0.2) is 4.79 Å². The smallest absolute Gasteiger partial charge is 0.335 e. The molecule has 29 heavy (non-hydrogen) atoms. The Morgan fingerprint density at radius 2 is 1.86 bits per heavy atom. The molecule has 0 saturated carbocycles. The molecule has 2 N–H and O–H groups in total. The van der Waals surface area contributed by atoms with Gasteiger partial charge >= 0.3 is 11.7 Å². The van der Waals surface area contributed by atoms with Gasteiger partial charge in [0.05, 0.1) is 27.7 Å². The van der Waals surface area contributed by atoms with Gasteiger partial charge in [-0.05, 0) is 30.3 Å². The first-order valence-electron chi connectivity index (χ1n) is 8.00. The monoisotopic (exact) mass is 396 g/mol. The van der Waals surface area contributed by atoms with Crippen molar-refractivity contribution in [1.29, 1.82) is 0 Å². The summed E-state index contributed by atoms with van der Waals surface area (Å²) in [4.78, 5) is 31.4. The minimum Gasteiger partial charge on any atom is -0.478 e. The van der Waals surface area contributed by atoms with Crippen LogP contribution >= 0.6 is 0 Å². The molecular weight excluding hydrogens is 384 g/mol. The summed E-state index contributed by atoms with van der Waals surface area (Å²) >= 11 is 0. The molecule has 0 saturated heterocycles. The number of hydrogen-bond donors (Lipinski definition) is 2. The number of carboxylic acid groups (broad SMARTS) is 1. The molecule has 2 aromatic carbocycles. The largest absolute Gasteiger partial charge is 0.478 e. The molecule has 11 nitrogen and oxygen atoms in total. The number of nitro benzene ring substituents is 2. The number of benzene rings is 2. The summed E-state index contributed by atoms with van der Waals surface area (Å²) in [5, 5.41) is 34.7. The van der Waals surface area contributed by atoms with Crippen molar-refractivity contribution in [2.45, 2.75) is 0 Å². The Balaban J connectivity index is 1.77. The number of furan rings is 1. The summed E-state index contributed by atoms with van der Waals surface area (Å²) in [6.07, 6.45) is 1.26. The number of nitrogens with one attached hydrogen (secondary N) is 1. The maximum absolute atomic E-state index is 11.1. The number of aromatic carboxylic acids is 1. The molecular formula is C18H12N4O7. The second kappa shape index (κ2) is 8.00. The van der Waals surface area contributed by atoms with Crippen LogP contribution in [0.25, 0.3) is 11.3 Å². The van der Waals surface area contributed by atoms with E-state index in [2.05, 4.69) is 10.5 Å². The zero-order valence-corrected chi connectivity index (χ0v) is 14.5. The number of non-ortho nitro benzene ring substituents is 1. The highest BCUT2D eigenvalue weighted by molar-refractivity contribution is 5.89. The van der Waals surface area contributed by atoms with E-state index in [-0.39, 0.29) is 11.3 Å². The normalized spacial score (nSPS) is 10.8. The highest BCUT2D eigenvalue weighted by atomic mass is 16.6.